The Kier molecular flexibility index (Phi) is 7.91. The predicted molar refractivity (Wildman–Crippen MR) is 158 cm³/mol. The van der Waals surface area contributed by atoms with E-state index in [4.69, 9.17) is 6.42 Å². The molecule has 3 aromatic rings. The summed E-state index contributed by atoms with van der Waals surface area (Å²) in [5, 5.41) is 0. The zero-order valence-corrected chi connectivity index (χ0v) is 22.1. The first-order chi connectivity index (χ1) is 18.1. The average Bonchev–Trinajstić information content (AvgIpc) is 3.37. The number of terminal acetylenes is 1. The first kappa shape index (κ1) is 25.1. The molecule has 0 amide bonds. The van der Waals surface area contributed by atoms with E-state index in [1.807, 2.05) is 0 Å². The summed E-state index contributed by atoms with van der Waals surface area (Å²) in [5.74, 6) is 5.05. The molecule has 5 rings (SSSR count). The highest BCUT2D eigenvalue weighted by atomic mass is 14.3. The SMILES string of the molecule is C#Cc1ccc(CC2CCC(C(C(=C)Cc3ccccc3)c3ccc(C4=CC(C)C=C4)cc3)CC2)cc1. The fraction of sp³-hybridized carbons (Fsp3) is 0.297. The van der Waals surface area contributed by atoms with Crippen molar-refractivity contribution >= 4 is 5.57 Å². The van der Waals surface area contributed by atoms with Crippen LogP contribution in [0.2, 0.25) is 0 Å². The van der Waals surface area contributed by atoms with Crippen LogP contribution >= 0.6 is 0 Å². The molecule has 3 aromatic carbocycles. The molecule has 0 N–H and O–H groups in total. The van der Waals surface area contributed by atoms with E-state index in [1.54, 1.807) is 0 Å². The van der Waals surface area contributed by atoms with E-state index in [-0.39, 0.29) is 0 Å². The highest BCUT2D eigenvalue weighted by Gasteiger charge is 2.30. The Labute approximate surface area is 223 Å². The molecule has 2 atom stereocenters. The quantitative estimate of drug-likeness (QED) is 0.222. The van der Waals surface area contributed by atoms with E-state index in [9.17, 15) is 0 Å². The standard InChI is InChI=1S/C37H38/c1-4-29-11-13-31(14-12-29)26-32-15-18-34(19-16-32)37(28(3)25-30-8-6-5-7-9-30)35-22-20-33(21-23-35)36-17-10-27(2)24-36/h1,5-14,17,20-24,27,32,34,37H,3,15-16,18-19,25-26H2,2H3. The van der Waals surface area contributed by atoms with Crippen LogP contribution in [-0.2, 0) is 12.8 Å². The lowest BCUT2D eigenvalue weighted by atomic mass is 9.69. The lowest BCUT2D eigenvalue weighted by molar-refractivity contribution is 0.252. The maximum Gasteiger partial charge on any atom is 0.0242 e. The van der Waals surface area contributed by atoms with Gasteiger partial charge in [-0.3, -0.25) is 0 Å². The van der Waals surface area contributed by atoms with E-state index in [0.717, 1.165) is 24.3 Å². The fourth-order valence-corrected chi connectivity index (χ4v) is 6.33. The minimum absolute atomic E-state index is 0.400. The molecular formula is C37H38. The molecule has 37 heavy (non-hydrogen) atoms. The normalized spacial score (nSPS) is 21.7. The van der Waals surface area contributed by atoms with Crippen LogP contribution in [0.25, 0.3) is 5.57 Å². The monoisotopic (exact) mass is 482 g/mol. The van der Waals surface area contributed by atoms with Crippen LogP contribution in [0.5, 0.6) is 0 Å². The Morgan fingerprint density at radius 1 is 0.892 bits per heavy atom. The molecule has 186 valence electrons. The molecule has 2 aliphatic rings. The maximum absolute atomic E-state index is 5.53. The molecule has 0 radical (unpaired) electrons. The molecule has 2 unspecified atom stereocenters. The smallest absolute Gasteiger partial charge is 0.0242 e. The number of benzene rings is 3. The third-order valence-corrected chi connectivity index (χ3v) is 8.35. The molecule has 0 spiro atoms. The van der Waals surface area contributed by atoms with Crippen LogP contribution in [0.15, 0.2) is 109 Å². The lowest BCUT2D eigenvalue weighted by Crippen LogP contribution is -2.23. The number of allylic oxidation sites excluding steroid dienone is 5. The summed E-state index contributed by atoms with van der Waals surface area (Å²) in [4.78, 5) is 0. The Morgan fingerprint density at radius 3 is 2.22 bits per heavy atom. The largest absolute Gasteiger partial charge is 0.115 e. The minimum Gasteiger partial charge on any atom is -0.115 e. The second-order valence-corrected chi connectivity index (χ2v) is 11.1. The zero-order chi connectivity index (χ0) is 25.6. The molecule has 0 aromatic heterocycles. The molecule has 0 heterocycles. The van der Waals surface area contributed by atoms with Gasteiger partial charge in [0.2, 0.25) is 0 Å². The zero-order valence-electron chi connectivity index (χ0n) is 22.1. The molecule has 1 saturated carbocycles. The van der Waals surface area contributed by atoms with E-state index in [0.29, 0.717) is 17.8 Å². The third-order valence-electron chi connectivity index (χ3n) is 8.35. The van der Waals surface area contributed by atoms with Crippen molar-refractivity contribution in [3.8, 4) is 12.3 Å². The number of rotatable bonds is 8. The molecule has 0 bridgehead atoms. The molecule has 0 aliphatic heterocycles. The summed E-state index contributed by atoms with van der Waals surface area (Å²) in [6, 6.07) is 28.8. The highest BCUT2D eigenvalue weighted by molar-refractivity contribution is 5.76. The average molecular weight is 483 g/mol. The summed E-state index contributed by atoms with van der Waals surface area (Å²) in [5.41, 5.74) is 9.16. The van der Waals surface area contributed by atoms with Gasteiger partial charge in [0.1, 0.15) is 0 Å². The molecule has 0 heteroatoms. The van der Waals surface area contributed by atoms with E-state index < -0.39 is 0 Å². The van der Waals surface area contributed by atoms with Crippen molar-refractivity contribution in [2.45, 2.75) is 51.4 Å². The Hall–Kier alpha value is -3.56. The van der Waals surface area contributed by atoms with Crippen molar-refractivity contribution in [1.29, 1.82) is 0 Å². The van der Waals surface area contributed by atoms with Gasteiger partial charge < -0.3 is 0 Å². The van der Waals surface area contributed by atoms with Gasteiger partial charge in [0.15, 0.2) is 0 Å². The Bertz CT molecular complexity index is 1290. The van der Waals surface area contributed by atoms with Crippen LogP contribution in [0.3, 0.4) is 0 Å². The fourth-order valence-electron chi connectivity index (χ4n) is 6.33. The molecule has 0 saturated heterocycles. The van der Waals surface area contributed by atoms with Crippen LogP contribution in [0, 0.1) is 30.1 Å². The Morgan fingerprint density at radius 2 is 1.59 bits per heavy atom. The van der Waals surface area contributed by atoms with Crippen LogP contribution < -0.4 is 0 Å². The van der Waals surface area contributed by atoms with E-state index >= 15 is 0 Å². The van der Waals surface area contributed by atoms with Crippen LogP contribution in [-0.4, -0.2) is 0 Å². The van der Waals surface area contributed by atoms with Crippen LogP contribution in [0.4, 0.5) is 0 Å². The van der Waals surface area contributed by atoms with E-state index in [2.05, 4.69) is 117 Å². The molecular weight excluding hydrogens is 444 g/mol. The maximum atomic E-state index is 5.53. The third kappa shape index (κ3) is 6.23. The van der Waals surface area contributed by atoms with Gasteiger partial charge in [0.05, 0.1) is 0 Å². The number of hydrogen-bond donors (Lipinski definition) is 0. The highest BCUT2D eigenvalue weighted by Crippen LogP contribution is 2.43. The lowest BCUT2D eigenvalue weighted by Gasteiger charge is -2.35. The first-order valence-corrected chi connectivity index (χ1v) is 13.9. The van der Waals surface area contributed by atoms with Crippen molar-refractivity contribution in [3.63, 3.8) is 0 Å². The van der Waals surface area contributed by atoms with Gasteiger partial charge >= 0.3 is 0 Å². The van der Waals surface area contributed by atoms with Crippen LogP contribution in [0.1, 0.15) is 66.3 Å². The molecule has 2 aliphatic carbocycles. The van der Waals surface area contributed by atoms with Crippen molar-refractivity contribution < 1.29 is 0 Å². The second kappa shape index (κ2) is 11.7. The van der Waals surface area contributed by atoms with Crippen molar-refractivity contribution in [3.05, 3.63) is 137 Å². The molecule has 1 fully saturated rings. The summed E-state index contributed by atoms with van der Waals surface area (Å²) in [7, 11) is 0. The summed E-state index contributed by atoms with van der Waals surface area (Å²) in [6.07, 6.45) is 19.6. The summed E-state index contributed by atoms with van der Waals surface area (Å²) in [6.45, 7) is 6.92. The van der Waals surface area contributed by atoms with Gasteiger partial charge in [-0.2, -0.15) is 0 Å². The van der Waals surface area contributed by atoms with Crippen molar-refractivity contribution in [2.75, 3.05) is 0 Å². The van der Waals surface area contributed by atoms with Gasteiger partial charge in [0, 0.05) is 11.5 Å². The van der Waals surface area contributed by atoms with E-state index in [1.165, 1.54) is 59.1 Å². The van der Waals surface area contributed by atoms with Gasteiger partial charge in [-0.15, -0.1) is 6.42 Å². The van der Waals surface area contributed by atoms with Gasteiger partial charge in [-0.25, -0.2) is 0 Å². The number of hydrogen-bond acceptors (Lipinski definition) is 0. The summed E-state index contributed by atoms with van der Waals surface area (Å²) >= 11 is 0. The van der Waals surface area contributed by atoms with Gasteiger partial charge in [0.25, 0.3) is 0 Å². The topological polar surface area (TPSA) is 0 Å². The molecule has 0 nitrogen and oxygen atoms in total. The predicted octanol–water partition coefficient (Wildman–Crippen LogP) is 9.19. The summed E-state index contributed by atoms with van der Waals surface area (Å²) < 4.78 is 0. The Balaban J connectivity index is 1.31. The van der Waals surface area contributed by atoms with Gasteiger partial charge in [-0.1, -0.05) is 110 Å². The minimum atomic E-state index is 0.400. The van der Waals surface area contributed by atoms with Crippen molar-refractivity contribution in [1.82, 2.24) is 0 Å². The second-order valence-electron chi connectivity index (χ2n) is 11.1. The van der Waals surface area contributed by atoms with Gasteiger partial charge in [-0.05, 0) is 96.2 Å². The van der Waals surface area contributed by atoms with Crippen molar-refractivity contribution in [2.24, 2.45) is 17.8 Å². The first-order valence-electron chi connectivity index (χ1n) is 13.9.